The lowest BCUT2D eigenvalue weighted by molar-refractivity contribution is -0.122. The van der Waals surface area contributed by atoms with Crippen molar-refractivity contribution in [2.24, 2.45) is 0 Å². The molecule has 0 fully saturated rings. The van der Waals surface area contributed by atoms with Crippen LogP contribution in [0.3, 0.4) is 0 Å². The van der Waals surface area contributed by atoms with Gasteiger partial charge in [-0.3, -0.25) is 4.79 Å². The van der Waals surface area contributed by atoms with E-state index in [-0.39, 0.29) is 17.8 Å². The second kappa shape index (κ2) is 8.01. The number of rotatable bonds is 6. The molecule has 2 aromatic carbocycles. The Bertz CT molecular complexity index is 731. The number of hydrogen-bond donors (Lipinski definition) is 2. The normalized spacial score (nSPS) is 16.1. The minimum absolute atomic E-state index is 0.0254. The zero-order valence-corrected chi connectivity index (χ0v) is 14.1. The first kappa shape index (κ1) is 17.3. The lowest BCUT2D eigenvalue weighted by atomic mass is 9.87. The van der Waals surface area contributed by atoms with Crippen molar-refractivity contribution in [3.8, 4) is 5.75 Å². The molecule has 1 aliphatic carbocycles. The highest BCUT2D eigenvalue weighted by molar-refractivity contribution is 5.76. The highest BCUT2D eigenvalue weighted by Crippen LogP contribution is 2.31. The zero-order chi connectivity index (χ0) is 17.6. The van der Waals surface area contributed by atoms with Crippen molar-refractivity contribution in [2.45, 2.75) is 38.1 Å². The van der Waals surface area contributed by atoms with Crippen LogP contribution >= 0.6 is 0 Å². The molecule has 25 heavy (non-hydrogen) atoms. The summed E-state index contributed by atoms with van der Waals surface area (Å²) in [5, 5.41) is 3.12. The summed E-state index contributed by atoms with van der Waals surface area (Å²) >= 11 is 0. The maximum atomic E-state index is 12.8. The molecular weight excluding hydrogens is 319 g/mol. The van der Waals surface area contributed by atoms with E-state index in [9.17, 15) is 9.18 Å². The molecule has 0 saturated heterocycles. The fourth-order valence-corrected chi connectivity index (χ4v) is 3.20. The molecule has 0 radical (unpaired) electrons. The fraction of sp³-hybridized carbons (Fsp3) is 0.350. The topological polar surface area (TPSA) is 64.3 Å². The van der Waals surface area contributed by atoms with Crippen molar-refractivity contribution in [2.75, 3.05) is 12.3 Å². The van der Waals surface area contributed by atoms with Gasteiger partial charge < -0.3 is 15.8 Å². The van der Waals surface area contributed by atoms with E-state index in [1.807, 2.05) is 18.2 Å². The van der Waals surface area contributed by atoms with E-state index in [0.717, 1.165) is 24.9 Å². The number of hydrogen-bond acceptors (Lipinski definition) is 3. The van der Waals surface area contributed by atoms with E-state index in [4.69, 9.17) is 10.5 Å². The maximum Gasteiger partial charge on any atom is 0.220 e. The number of nitrogen functional groups attached to an aromatic ring is 1. The summed E-state index contributed by atoms with van der Waals surface area (Å²) in [6, 6.07) is 11.9. The van der Waals surface area contributed by atoms with E-state index in [1.54, 1.807) is 12.1 Å². The molecule has 3 N–H and O–H groups in total. The average molecular weight is 342 g/mol. The standard InChI is InChI=1S/C20H23FN2O2/c21-15-6-9-17(10-7-15)25-12-2-5-20(24)23-19-4-1-3-14-13-16(22)8-11-18(14)19/h6-11,13,19H,1-5,12,22H2,(H,23,24). The van der Waals surface area contributed by atoms with Gasteiger partial charge in [0.25, 0.3) is 0 Å². The van der Waals surface area contributed by atoms with Crippen molar-refractivity contribution in [3.05, 3.63) is 59.4 Å². The molecule has 1 amide bonds. The van der Waals surface area contributed by atoms with Gasteiger partial charge in [0.05, 0.1) is 12.6 Å². The number of carbonyl (C=O) groups excluding carboxylic acids is 1. The molecule has 1 atom stereocenters. The van der Waals surface area contributed by atoms with Crippen LogP contribution in [-0.4, -0.2) is 12.5 Å². The summed E-state index contributed by atoms with van der Waals surface area (Å²) in [5.41, 5.74) is 9.02. The molecule has 4 nitrogen and oxygen atoms in total. The van der Waals surface area contributed by atoms with Crippen molar-refractivity contribution in [1.82, 2.24) is 5.32 Å². The molecule has 5 heteroatoms. The predicted molar refractivity (Wildman–Crippen MR) is 95.8 cm³/mol. The van der Waals surface area contributed by atoms with Gasteiger partial charge >= 0.3 is 0 Å². The number of ether oxygens (including phenoxy) is 1. The SMILES string of the molecule is Nc1ccc2c(c1)CCCC2NC(=O)CCCOc1ccc(F)cc1. The smallest absolute Gasteiger partial charge is 0.220 e. The number of halogens is 1. The highest BCUT2D eigenvalue weighted by atomic mass is 19.1. The van der Waals surface area contributed by atoms with Gasteiger partial charge in [0.1, 0.15) is 11.6 Å². The van der Waals surface area contributed by atoms with Gasteiger partial charge in [0, 0.05) is 12.1 Å². The molecular formula is C20H23FN2O2. The first-order valence-electron chi connectivity index (χ1n) is 8.68. The molecule has 2 aromatic rings. The van der Waals surface area contributed by atoms with Gasteiger partial charge in [0.15, 0.2) is 0 Å². The Hall–Kier alpha value is -2.56. The van der Waals surface area contributed by atoms with Gasteiger partial charge in [-0.1, -0.05) is 6.07 Å². The van der Waals surface area contributed by atoms with Crippen LogP contribution in [0.25, 0.3) is 0 Å². The summed E-state index contributed by atoms with van der Waals surface area (Å²) < 4.78 is 18.3. The summed E-state index contributed by atoms with van der Waals surface area (Å²) in [6.07, 6.45) is 4.04. The van der Waals surface area contributed by atoms with Crippen molar-refractivity contribution >= 4 is 11.6 Å². The largest absolute Gasteiger partial charge is 0.494 e. The Morgan fingerprint density at radius 1 is 1.24 bits per heavy atom. The maximum absolute atomic E-state index is 12.8. The van der Waals surface area contributed by atoms with Crippen LogP contribution in [-0.2, 0) is 11.2 Å². The molecule has 0 bridgehead atoms. The van der Waals surface area contributed by atoms with E-state index in [2.05, 4.69) is 5.32 Å². The van der Waals surface area contributed by atoms with Gasteiger partial charge in [-0.25, -0.2) is 4.39 Å². The van der Waals surface area contributed by atoms with Gasteiger partial charge in [-0.05, 0) is 73.2 Å². The van der Waals surface area contributed by atoms with Crippen molar-refractivity contribution in [1.29, 1.82) is 0 Å². The van der Waals surface area contributed by atoms with Crippen LogP contribution < -0.4 is 15.8 Å². The Labute approximate surface area is 147 Å². The van der Waals surface area contributed by atoms with Crippen LogP contribution in [0.15, 0.2) is 42.5 Å². The third kappa shape index (κ3) is 4.72. The second-order valence-electron chi connectivity index (χ2n) is 6.38. The highest BCUT2D eigenvalue weighted by Gasteiger charge is 2.21. The second-order valence-corrected chi connectivity index (χ2v) is 6.38. The number of anilines is 1. The molecule has 132 valence electrons. The van der Waals surface area contributed by atoms with Crippen LogP contribution in [0.2, 0.25) is 0 Å². The molecule has 0 aliphatic heterocycles. The van der Waals surface area contributed by atoms with Crippen molar-refractivity contribution in [3.63, 3.8) is 0 Å². The lowest BCUT2D eigenvalue weighted by Crippen LogP contribution is -2.31. The number of nitrogens with two attached hydrogens (primary N) is 1. The Morgan fingerprint density at radius 2 is 2.04 bits per heavy atom. The average Bonchev–Trinajstić information content (AvgIpc) is 2.60. The lowest BCUT2D eigenvalue weighted by Gasteiger charge is -2.26. The number of fused-ring (bicyclic) bond motifs is 1. The fourth-order valence-electron chi connectivity index (χ4n) is 3.20. The number of amides is 1. The molecule has 0 spiro atoms. The van der Waals surface area contributed by atoms with Crippen LogP contribution in [0, 0.1) is 5.82 Å². The summed E-state index contributed by atoms with van der Waals surface area (Å²) in [5.74, 6) is 0.347. The third-order valence-corrected chi connectivity index (χ3v) is 4.45. The number of benzene rings is 2. The molecule has 0 heterocycles. The number of carbonyl (C=O) groups is 1. The zero-order valence-electron chi connectivity index (χ0n) is 14.1. The third-order valence-electron chi connectivity index (χ3n) is 4.45. The van der Waals surface area contributed by atoms with Crippen molar-refractivity contribution < 1.29 is 13.9 Å². The quantitative estimate of drug-likeness (QED) is 0.620. The van der Waals surface area contributed by atoms with Crippen LogP contribution in [0.1, 0.15) is 42.9 Å². The minimum atomic E-state index is -0.291. The Kier molecular flexibility index (Phi) is 5.53. The first-order chi connectivity index (χ1) is 12.1. The van der Waals surface area contributed by atoms with Gasteiger partial charge in [-0.15, -0.1) is 0 Å². The molecule has 3 rings (SSSR count). The van der Waals surface area contributed by atoms with Gasteiger partial charge in [0.2, 0.25) is 5.91 Å². The van der Waals surface area contributed by atoms with Crippen LogP contribution in [0.4, 0.5) is 10.1 Å². The van der Waals surface area contributed by atoms with E-state index in [0.29, 0.717) is 25.2 Å². The molecule has 1 aliphatic rings. The first-order valence-corrected chi connectivity index (χ1v) is 8.68. The summed E-state index contributed by atoms with van der Waals surface area (Å²) in [4.78, 5) is 12.2. The van der Waals surface area contributed by atoms with Gasteiger partial charge in [-0.2, -0.15) is 0 Å². The molecule has 0 saturated carbocycles. The Morgan fingerprint density at radius 3 is 2.84 bits per heavy atom. The summed E-state index contributed by atoms with van der Waals surface area (Å²) in [6.45, 7) is 0.427. The molecule has 1 unspecified atom stereocenters. The minimum Gasteiger partial charge on any atom is -0.494 e. The monoisotopic (exact) mass is 342 g/mol. The van der Waals surface area contributed by atoms with E-state index >= 15 is 0 Å². The number of aryl methyl sites for hydroxylation is 1. The number of nitrogens with one attached hydrogen (secondary N) is 1. The summed E-state index contributed by atoms with van der Waals surface area (Å²) in [7, 11) is 0. The van der Waals surface area contributed by atoms with E-state index in [1.165, 1.54) is 23.3 Å². The van der Waals surface area contributed by atoms with Crippen LogP contribution in [0.5, 0.6) is 5.75 Å². The molecule has 0 aromatic heterocycles. The van der Waals surface area contributed by atoms with E-state index < -0.39 is 0 Å². The Balaban J connectivity index is 1.45. The predicted octanol–water partition coefficient (Wildman–Crippen LogP) is 3.76.